The van der Waals surface area contributed by atoms with Gasteiger partial charge in [-0.3, -0.25) is 30.0 Å². The van der Waals surface area contributed by atoms with Crippen molar-refractivity contribution in [3.63, 3.8) is 0 Å². The Hall–Kier alpha value is -9.54. The highest BCUT2D eigenvalue weighted by molar-refractivity contribution is 9.09. The summed E-state index contributed by atoms with van der Waals surface area (Å²) in [5, 5.41) is 68.8. The fourth-order valence-corrected chi connectivity index (χ4v) is 7.31. The van der Waals surface area contributed by atoms with Gasteiger partial charge in [0.05, 0.1) is 57.4 Å². The number of halogens is 5. The number of aliphatic hydroxyl groups excluding tert-OH is 2. The molecule has 102 heavy (non-hydrogen) atoms. The van der Waals surface area contributed by atoms with Crippen molar-refractivity contribution in [2.45, 2.75) is 79.4 Å². The molecule has 0 radical (unpaired) electrons. The minimum Gasteiger partial charge on any atom is -0.508 e. The van der Waals surface area contributed by atoms with Gasteiger partial charge < -0.3 is 87.7 Å². The number of alkyl halides is 1. The summed E-state index contributed by atoms with van der Waals surface area (Å²) in [5.41, 5.74) is 19.7. The van der Waals surface area contributed by atoms with Gasteiger partial charge in [0.1, 0.15) is 70.7 Å². The van der Waals surface area contributed by atoms with Crippen molar-refractivity contribution in [2.24, 2.45) is 32.2 Å². The molecule has 0 saturated heterocycles. The minimum atomic E-state index is -0.544. The zero-order valence-corrected chi connectivity index (χ0v) is 61.8. The third kappa shape index (κ3) is 48.3. The number of nitriles is 1. The summed E-state index contributed by atoms with van der Waals surface area (Å²) in [6, 6.07) is 36.3. The van der Waals surface area contributed by atoms with Crippen LogP contribution in [0, 0.1) is 16.7 Å². The number of methoxy groups -OCH3 is 1. The number of esters is 1. The molecule has 8 rings (SSSR count). The number of benzene rings is 5. The summed E-state index contributed by atoms with van der Waals surface area (Å²) in [6.07, 6.45) is 1.30. The Kier molecular flexibility index (Phi) is 52.9. The average molecular weight is 1520 g/mol. The second-order valence-corrected chi connectivity index (χ2v) is 23.4. The highest BCUT2D eigenvalue weighted by Gasteiger charge is 2.18. The number of amides is 1. The van der Waals surface area contributed by atoms with Crippen LogP contribution in [-0.2, 0) is 23.8 Å². The van der Waals surface area contributed by atoms with Crippen LogP contribution in [0.5, 0.6) is 28.7 Å². The maximum Gasteiger partial charge on any atom is 0.407 e. The van der Waals surface area contributed by atoms with Crippen molar-refractivity contribution in [1.82, 2.24) is 21.3 Å². The summed E-state index contributed by atoms with van der Waals surface area (Å²) < 4.78 is 63.2. The zero-order valence-electron chi connectivity index (χ0n) is 59.5. The number of nitrogens with two attached hydrogens (primary N) is 3. The number of nitrogens with zero attached hydrogens (tertiary/aromatic N) is 4. The number of carbonyl (C=O) groups is 3. The van der Waals surface area contributed by atoms with E-state index in [2.05, 4.69) is 68.5 Å². The molecule has 0 atom stereocenters. The van der Waals surface area contributed by atoms with Crippen LogP contribution in [-0.4, -0.2) is 182 Å². The number of hydrogen-bond donors (Lipinski definition) is 13. The van der Waals surface area contributed by atoms with Gasteiger partial charge in [0, 0.05) is 106 Å². The Morgan fingerprint density at radius 2 is 0.990 bits per heavy atom. The predicted octanol–water partition coefficient (Wildman–Crippen LogP) is 10.0. The highest BCUT2D eigenvalue weighted by Crippen LogP contribution is 2.19. The fourth-order valence-electron chi connectivity index (χ4n) is 6.99. The van der Waals surface area contributed by atoms with Crippen LogP contribution in [0.2, 0.25) is 0 Å². The van der Waals surface area contributed by atoms with Gasteiger partial charge in [-0.15, -0.1) is 0 Å². The predicted molar refractivity (Wildman–Crippen MR) is 400 cm³/mol. The van der Waals surface area contributed by atoms with E-state index in [4.69, 9.17) is 72.4 Å². The third-order valence-electron chi connectivity index (χ3n) is 11.6. The van der Waals surface area contributed by atoms with Crippen LogP contribution in [0.25, 0.3) is 0 Å². The van der Waals surface area contributed by atoms with Crippen molar-refractivity contribution in [2.75, 3.05) is 105 Å². The quantitative estimate of drug-likeness (QED) is 0.0127. The Morgan fingerprint density at radius 3 is 1.29 bits per heavy atom. The molecule has 0 bridgehead atoms. The molecule has 0 saturated carbocycles. The summed E-state index contributed by atoms with van der Waals surface area (Å²) >= 11 is 7.72. The van der Waals surface area contributed by atoms with Crippen LogP contribution in [0.3, 0.4) is 0 Å². The van der Waals surface area contributed by atoms with E-state index in [1.54, 1.807) is 84.9 Å². The van der Waals surface area contributed by atoms with Gasteiger partial charge in [0.15, 0.2) is 0 Å². The molecule has 5 aromatic carbocycles. The van der Waals surface area contributed by atoms with Gasteiger partial charge in [-0.05, 0) is 199 Å². The maximum atomic E-state index is 13.0. The van der Waals surface area contributed by atoms with E-state index < -0.39 is 17.3 Å². The van der Waals surface area contributed by atoms with E-state index in [1.165, 1.54) is 38.3 Å². The monoisotopic (exact) mass is 1510 g/mol. The Balaban J connectivity index is 0. The minimum absolute atomic E-state index is 0.0951. The Bertz CT molecular complexity index is 3380. The standard InChI is InChI=1S/C19H25FN2O3.C13H16FN3O.C9H15BrFNO2.C9H10N2O.C8H9NO2.C7H5NO.C2H3ClO.C2H8N2.C2H6O.CH4O/c1-19(2,3)25-17(23)9-4-14(12-20)13-24-16-7-5-15(6-8-16)18-21-10-11-22-18;14-7-10(8-15)9-18-12-3-1-11(2-4-12)13-16-5-6-17-13;1-9(2,3)14-8(13)12-6-7(4-10)5-11;12-8-3-1-7(2-4-8)9-10-5-6-11-9;1-11-8(9)6-2-4-7(10)5-3-6;8-5-6-1-3-7(9)4-2-6;1-2(3)4;3-1-2-4;1-2-3;1-2/h5-8,12H,4,9-11,13H2,1-3H3,(H,21,22);1-4,7H,5-6,8-9,15H2,(H,16,17);5H,4,6H2,1-3H3,(H,12,13);1-4,12H,5-6H2,(H,10,11);2-5,9-10H,1H3;1-4,9H;1H3;1-4H2;3H,2H2,1H3;2H,1H3/b;10-7+;;;;;;;;. The Morgan fingerprint density at radius 1 is 0.637 bits per heavy atom. The first kappa shape index (κ1) is 94.5. The molecule has 3 heterocycles. The number of rotatable bonds is 18. The molecule has 0 aliphatic carbocycles. The molecule has 0 unspecified atom stereocenters. The number of nitrogens with one attached hydrogen (secondary N) is 5. The van der Waals surface area contributed by atoms with Crippen LogP contribution in [0.15, 0.2) is 172 Å². The summed E-state index contributed by atoms with van der Waals surface area (Å²) in [5.74, 6) is 4.47. The number of carbonyl (C=O) groups excluding carboxylic acids is 3. The van der Waals surface area contributed by atoms with Gasteiger partial charge in [0.25, 0.3) is 0 Å². The lowest BCUT2D eigenvalue weighted by molar-refractivity contribution is -0.154. The van der Waals surface area contributed by atoms with Crippen molar-refractivity contribution < 1.29 is 76.8 Å². The smallest absolute Gasteiger partial charge is 0.407 e. The lowest BCUT2D eigenvalue weighted by atomic mass is 10.1. The molecule has 0 fully saturated rings. The first-order chi connectivity index (χ1) is 48.6. The number of aliphatic hydroxyl groups is 2. The summed E-state index contributed by atoms with van der Waals surface area (Å²) in [4.78, 5) is 44.9. The number of hydrogen-bond acceptors (Lipinski definition) is 24. The SMILES string of the molecule is CC(=O)Cl.CC(C)(C)OC(=O)CCC(=CF)COc1ccc(C2=NCCN2)cc1.CC(C)(C)OC(=O)NCC(=CF)CBr.CCO.CO.COC(=N)c1ccc(O)cc1.N#Cc1ccc(O)cc1.NC/C(=C\F)COc1ccc(C2=NCCN2)cc1.NCCN.Oc1ccc(C2=NCCN2)cc1. The van der Waals surface area contributed by atoms with E-state index in [-0.39, 0.29) is 80.1 Å². The first-order valence-corrected chi connectivity index (χ1v) is 33.2. The number of phenolic OH excluding ortho intramolecular Hbond substituents is 3. The number of amidine groups is 3. The van der Waals surface area contributed by atoms with Crippen molar-refractivity contribution in [3.8, 4) is 34.8 Å². The van der Waals surface area contributed by atoms with Gasteiger partial charge in [-0.1, -0.05) is 15.9 Å². The zero-order chi connectivity index (χ0) is 77.3. The molecular formula is C72H101BrClF3N12O13. The summed E-state index contributed by atoms with van der Waals surface area (Å²) in [6.45, 7) is 20.8. The van der Waals surface area contributed by atoms with E-state index >= 15 is 0 Å². The Labute approximate surface area is 610 Å². The maximum absolute atomic E-state index is 13.0. The normalized spacial score (nSPS) is 12.3. The average Bonchev–Trinajstić information content (AvgIpc) is 1.61. The lowest BCUT2D eigenvalue weighted by Gasteiger charge is -2.19. The molecule has 0 aromatic heterocycles. The van der Waals surface area contributed by atoms with E-state index in [0.717, 1.165) is 80.6 Å². The largest absolute Gasteiger partial charge is 0.508 e. The van der Waals surface area contributed by atoms with Crippen LogP contribution >= 0.6 is 27.5 Å². The van der Waals surface area contributed by atoms with E-state index in [1.807, 2.05) is 66.7 Å². The molecule has 30 heteroatoms. The molecule has 16 N–H and O–H groups in total. The molecule has 25 nitrogen and oxygen atoms in total. The number of ether oxygens (including phenoxy) is 5. The molecular weight excluding hydrogens is 1410 g/mol. The molecule has 0 spiro atoms. The molecule has 562 valence electrons. The van der Waals surface area contributed by atoms with Crippen molar-refractivity contribution in [1.29, 1.82) is 10.7 Å². The van der Waals surface area contributed by atoms with Crippen molar-refractivity contribution in [3.05, 3.63) is 185 Å². The number of aliphatic imine (C=N–C) groups is 3. The molecule has 1 amide bonds. The highest BCUT2D eigenvalue weighted by atomic mass is 79.9. The van der Waals surface area contributed by atoms with Crippen LogP contribution < -0.4 is 47.9 Å². The van der Waals surface area contributed by atoms with Gasteiger partial charge in [-0.25, -0.2) is 18.0 Å². The van der Waals surface area contributed by atoms with Crippen molar-refractivity contribution >= 4 is 68.2 Å². The van der Waals surface area contributed by atoms with Gasteiger partial charge >= 0.3 is 12.1 Å². The number of alkyl carbamates (subject to hydrolysis) is 1. The molecule has 3 aliphatic rings. The summed E-state index contributed by atoms with van der Waals surface area (Å²) in [7, 11) is 2.44. The van der Waals surface area contributed by atoms with Crippen LogP contribution in [0.4, 0.5) is 18.0 Å². The van der Waals surface area contributed by atoms with Crippen LogP contribution in [0.1, 0.15) is 96.0 Å². The second-order valence-electron chi connectivity index (χ2n) is 22.3. The molecule has 5 aromatic rings. The lowest BCUT2D eigenvalue weighted by Crippen LogP contribution is -2.33. The van der Waals surface area contributed by atoms with Gasteiger partial charge in [0.2, 0.25) is 11.1 Å². The second kappa shape index (κ2) is 57.1. The topological polar surface area (TPSA) is 409 Å². The number of aromatic hydroxyl groups is 3. The molecule has 3 aliphatic heterocycles. The van der Waals surface area contributed by atoms with E-state index in [0.29, 0.717) is 76.8 Å². The third-order valence-corrected chi connectivity index (χ3v) is 12.3. The van der Waals surface area contributed by atoms with Gasteiger partial charge in [-0.2, -0.15) is 5.26 Å². The first-order valence-electron chi connectivity index (χ1n) is 31.7. The fraction of sp³-hybridized carbons (Fsp3) is 0.389. The number of phenols is 3. The van der Waals surface area contributed by atoms with E-state index in [9.17, 15) is 27.6 Å².